The predicted octanol–water partition coefficient (Wildman–Crippen LogP) is 2.45. The molecule has 0 aliphatic carbocycles. The summed E-state index contributed by atoms with van der Waals surface area (Å²) in [4.78, 5) is 15.6. The summed E-state index contributed by atoms with van der Waals surface area (Å²) >= 11 is 0. The fourth-order valence-corrected chi connectivity index (χ4v) is 2.26. The average molecular weight is 281 g/mol. The maximum Gasteiger partial charge on any atom is 0.221 e. The van der Waals surface area contributed by atoms with Crippen LogP contribution in [0, 0.1) is 0 Å². The Morgan fingerprint density at radius 1 is 1.29 bits per heavy atom. The van der Waals surface area contributed by atoms with Crippen LogP contribution in [-0.2, 0) is 11.4 Å². The summed E-state index contributed by atoms with van der Waals surface area (Å²) in [7, 11) is 0. The third-order valence-electron chi connectivity index (χ3n) is 3.23. The van der Waals surface area contributed by atoms with Crippen molar-refractivity contribution in [1.29, 1.82) is 0 Å². The molecule has 1 amide bonds. The Labute approximate surface area is 121 Å². The fourth-order valence-electron chi connectivity index (χ4n) is 2.26. The number of carbonyl (C=O) groups excluding carboxylic acids is 1. The quantitative estimate of drug-likeness (QED) is 0.775. The van der Waals surface area contributed by atoms with Gasteiger partial charge in [0.25, 0.3) is 0 Å². The van der Waals surface area contributed by atoms with Crippen molar-refractivity contribution in [1.82, 2.24) is 9.38 Å². The number of imidazole rings is 1. The van der Waals surface area contributed by atoms with Gasteiger partial charge in [0.05, 0.1) is 12.3 Å². The van der Waals surface area contributed by atoms with Gasteiger partial charge in [-0.25, -0.2) is 4.98 Å². The summed E-state index contributed by atoms with van der Waals surface area (Å²) in [5, 5.41) is 12.1. The Morgan fingerprint density at radius 3 is 2.71 bits per heavy atom. The Bertz CT molecular complexity index is 791. The van der Waals surface area contributed by atoms with Crippen LogP contribution < -0.4 is 5.32 Å². The predicted molar refractivity (Wildman–Crippen MR) is 80.9 cm³/mol. The maximum absolute atomic E-state index is 11.0. The standard InChI is InChI=1S/C16H15N3O2/c1-11(21)17-14-6-4-12(5-7-14)15-9-19-8-2-3-13(10-20)16(19)18-15/h2-9,20H,10H2,1H3,(H,17,21). The number of hydrogen-bond acceptors (Lipinski definition) is 3. The minimum atomic E-state index is -0.0944. The molecule has 5 nitrogen and oxygen atoms in total. The third kappa shape index (κ3) is 2.64. The highest BCUT2D eigenvalue weighted by Gasteiger charge is 2.07. The molecule has 106 valence electrons. The minimum Gasteiger partial charge on any atom is -0.392 e. The molecule has 0 aliphatic rings. The highest BCUT2D eigenvalue weighted by atomic mass is 16.3. The fraction of sp³-hybridized carbons (Fsp3) is 0.125. The van der Waals surface area contributed by atoms with Crippen LogP contribution in [0.25, 0.3) is 16.9 Å². The number of aliphatic hydroxyl groups excluding tert-OH is 1. The lowest BCUT2D eigenvalue weighted by atomic mass is 10.1. The second-order valence-corrected chi connectivity index (χ2v) is 4.81. The number of carbonyl (C=O) groups is 1. The first kappa shape index (κ1) is 13.3. The summed E-state index contributed by atoms with van der Waals surface area (Å²) < 4.78 is 1.89. The Morgan fingerprint density at radius 2 is 2.05 bits per heavy atom. The van der Waals surface area contributed by atoms with Gasteiger partial charge in [0.2, 0.25) is 5.91 Å². The molecule has 0 spiro atoms. The van der Waals surface area contributed by atoms with Crippen molar-refractivity contribution in [2.75, 3.05) is 5.32 Å². The molecule has 0 atom stereocenters. The molecular weight excluding hydrogens is 266 g/mol. The van der Waals surface area contributed by atoms with Crippen LogP contribution in [0.5, 0.6) is 0 Å². The number of nitrogens with one attached hydrogen (secondary N) is 1. The van der Waals surface area contributed by atoms with Gasteiger partial charge >= 0.3 is 0 Å². The SMILES string of the molecule is CC(=O)Nc1ccc(-c2cn3cccc(CO)c3n2)cc1. The van der Waals surface area contributed by atoms with E-state index in [1.54, 1.807) is 0 Å². The topological polar surface area (TPSA) is 66.6 Å². The van der Waals surface area contributed by atoms with E-state index in [1.165, 1.54) is 6.92 Å². The molecule has 21 heavy (non-hydrogen) atoms. The molecule has 3 aromatic rings. The molecule has 2 N–H and O–H groups in total. The van der Waals surface area contributed by atoms with Crippen molar-refractivity contribution in [3.05, 3.63) is 54.4 Å². The van der Waals surface area contributed by atoms with Crippen molar-refractivity contribution in [2.45, 2.75) is 13.5 Å². The lowest BCUT2D eigenvalue weighted by Crippen LogP contribution is -2.05. The maximum atomic E-state index is 11.0. The molecule has 1 aromatic carbocycles. The Kier molecular flexibility index (Phi) is 3.41. The number of pyridine rings is 1. The van der Waals surface area contributed by atoms with E-state index >= 15 is 0 Å². The zero-order valence-electron chi connectivity index (χ0n) is 11.6. The van der Waals surface area contributed by atoms with E-state index in [0.717, 1.165) is 28.2 Å². The highest BCUT2D eigenvalue weighted by molar-refractivity contribution is 5.88. The van der Waals surface area contributed by atoms with Gasteiger partial charge in [-0.15, -0.1) is 0 Å². The highest BCUT2D eigenvalue weighted by Crippen LogP contribution is 2.22. The monoisotopic (exact) mass is 281 g/mol. The minimum absolute atomic E-state index is 0.0394. The first-order chi connectivity index (χ1) is 10.2. The zero-order chi connectivity index (χ0) is 14.8. The summed E-state index contributed by atoms with van der Waals surface area (Å²) in [5.74, 6) is -0.0944. The van der Waals surface area contributed by atoms with E-state index in [9.17, 15) is 9.90 Å². The van der Waals surface area contributed by atoms with Crippen LogP contribution in [0.4, 0.5) is 5.69 Å². The summed E-state index contributed by atoms with van der Waals surface area (Å²) in [6.45, 7) is 1.44. The van der Waals surface area contributed by atoms with E-state index in [2.05, 4.69) is 10.3 Å². The van der Waals surface area contributed by atoms with E-state index in [1.807, 2.05) is 53.2 Å². The van der Waals surface area contributed by atoms with Crippen LogP contribution in [0.15, 0.2) is 48.8 Å². The number of aliphatic hydroxyl groups is 1. The van der Waals surface area contributed by atoms with Gasteiger partial charge in [0.15, 0.2) is 0 Å². The molecule has 3 rings (SSSR count). The van der Waals surface area contributed by atoms with Gasteiger partial charge in [0.1, 0.15) is 5.65 Å². The van der Waals surface area contributed by atoms with E-state index < -0.39 is 0 Å². The van der Waals surface area contributed by atoms with Crippen molar-refractivity contribution >= 4 is 17.2 Å². The number of fused-ring (bicyclic) bond motifs is 1. The molecule has 0 saturated heterocycles. The van der Waals surface area contributed by atoms with E-state index in [4.69, 9.17) is 0 Å². The van der Waals surface area contributed by atoms with Crippen LogP contribution in [0.1, 0.15) is 12.5 Å². The van der Waals surface area contributed by atoms with Gasteiger partial charge in [-0.1, -0.05) is 18.2 Å². The third-order valence-corrected chi connectivity index (χ3v) is 3.23. The second-order valence-electron chi connectivity index (χ2n) is 4.81. The molecule has 2 heterocycles. The molecule has 0 saturated carbocycles. The molecule has 2 aromatic heterocycles. The Hall–Kier alpha value is -2.66. The number of benzene rings is 1. The van der Waals surface area contributed by atoms with E-state index in [0.29, 0.717) is 0 Å². The summed E-state index contributed by atoms with van der Waals surface area (Å²) in [5.41, 5.74) is 4.08. The molecule has 0 radical (unpaired) electrons. The van der Waals surface area contributed by atoms with Crippen molar-refractivity contribution in [3.63, 3.8) is 0 Å². The lowest BCUT2D eigenvalue weighted by molar-refractivity contribution is -0.114. The van der Waals surface area contributed by atoms with Gasteiger partial charge in [-0.3, -0.25) is 4.79 Å². The molecule has 0 bridgehead atoms. The molecule has 0 unspecified atom stereocenters. The molecule has 0 aliphatic heterocycles. The number of hydrogen-bond donors (Lipinski definition) is 2. The van der Waals surface area contributed by atoms with Gasteiger partial charge in [-0.05, 0) is 18.2 Å². The van der Waals surface area contributed by atoms with Crippen molar-refractivity contribution in [2.24, 2.45) is 0 Å². The van der Waals surface area contributed by atoms with Gasteiger partial charge in [0, 0.05) is 36.1 Å². The van der Waals surface area contributed by atoms with Crippen LogP contribution in [0.2, 0.25) is 0 Å². The van der Waals surface area contributed by atoms with Crippen LogP contribution >= 0.6 is 0 Å². The average Bonchev–Trinajstić information content (AvgIpc) is 2.91. The smallest absolute Gasteiger partial charge is 0.221 e. The normalized spacial score (nSPS) is 10.8. The van der Waals surface area contributed by atoms with E-state index in [-0.39, 0.29) is 12.5 Å². The zero-order valence-corrected chi connectivity index (χ0v) is 11.6. The number of amides is 1. The first-order valence-electron chi connectivity index (χ1n) is 6.63. The number of rotatable bonds is 3. The molecule has 0 fully saturated rings. The first-order valence-corrected chi connectivity index (χ1v) is 6.63. The lowest BCUT2D eigenvalue weighted by Gasteiger charge is -2.02. The summed E-state index contributed by atoms with van der Waals surface area (Å²) in [6, 6.07) is 11.2. The number of aromatic nitrogens is 2. The van der Waals surface area contributed by atoms with Crippen molar-refractivity contribution in [3.8, 4) is 11.3 Å². The van der Waals surface area contributed by atoms with Crippen molar-refractivity contribution < 1.29 is 9.90 Å². The molecule has 5 heteroatoms. The van der Waals surface area contributed by atoms with Gasteiger partial charge < -0.3 is 14.8 Å². The number of nitrogens with zero attached hydrogens (tertiary/aromatic N) is 2. The number of anilines is 1. The van der Waals surface area contributed by atoms with Crippen LogP contribution in [0.3, 0.4) is 0 Å². The summed E-state index contributed by atoms with van der Waals surface area (Å²) in [6.07, 6.45) is 3.82. The van der Waals surface area contributed by atoms with Crippen LogP contribution in [-0.4, -0.2) is 20.4 Å². The molecular formula is C16H15N3O2. The second kappa shape index (κ2) is 5.38. The van der Waals surface area contributed by atoms with Gasteiger partial charge in [-0.2, -0.15) is 0 Å². The largest absolute Gasteiger partial charge is 0.392 e. The Balaban J connectivity index is 1.98.